The number of halogens is 1. The Labute approximate surface area is 169 Å². The van der Waals surface area contributed by atoms with Crippen LogP contribution in [0.15, 0.2) is 54.9 Å². The van der Waals surface area contributed by atoms with E-state index in [1.807, 2.05) is 42.1 Å². The van der Waals surface area contributed by atoms with E-state index in [4.69, 9.17) is 9.47 Å². The minimum atomic E-state index is -0.466. The lowest BCUT2D eigenvalue weighted by Gasteiger charge is -2.21. The summed E-state index contributed by atoms with van der Waals surface area (Å²) in [6.45, 7) is 0. The minimum Gasteiger partial charge on any atom is -0.496 e. The Bertz CT molecular complexity index is 987. The molecule has 1 unspecified atom stereocenters. The maximum atomic E-state index is 13.9. The van der Waals surface area contributed by atoms with E-state index in [1.54, 1.807) is 25.4 Å². The number of carbonyl (C=O) groups excluding carboxylic acids is 1. The molecule has 0 fully saturated rings. The molecule has 1 heterocycles. The first kappa shape index (κ1) is 20.4. The topological polar surface area (TPSA) is 65.4 Å². The molecule has 0 spiro atoms. The van der Waals surface area contributed by atoms with Crippen LogP contribution in [0.5, 0.6) is 11.5 Å². The van der Waals surface area contributed by atoms with Crippen LogP contribution in [0.2, 0.25) is 0 Å². The number of carbonyl (C=O) groups is 1. The summed E-state index contributed by atoms with van der Waals surface area (Å²) in [7, 11) is 4.88. The number of ether oxygens (including phenoxy) is 2. The van der Waals surface area contributed by atoms with Gasteiger partial charge in [0, 0.05) is 31.4 Å². The van der Waals surface area contributed by atoms with Gasteiger partial charge in [0.15, 0.2) is 11.6 Å². The molecule has 0 aliphatic heterocycles. The highest BCUT2D eigenvalue weighted by molar-refractivity contribution is 5.77. The Kier molecular flexibility index (Phi) is 6.49. The van der Waals surface area contributed by atoms with Gasteiger partial charge in [-0.05, 0) is 30.2 Å². The average molecular weight is 397 g/mol. The molecule has 3 aromatic rings. The summed E-state index contributed by atoms with van der Waals surface area (Å²) < 4.78 is 26.1. The van der Waals surface area contributed by atoms with Crippen LogP contribution in [0.25, 0.3) is 0 Å². The first-order chi connectivity index (χ1) is 14.0. The molecular weight excluding hydrogens is 373 g/mol. The molecule has 1 amide bonds. The van der Waals surface area contributed by atoms with Gasteiger partial charge in [-0.1, -0.05) is 24.3 Å². The summed E-state index contributed by atoms with van der Waals surface area (Å²) in [6.07, 6.45) is 4.13. The maximum absolute atomic E-state index is 13.9. The summed E-state index contributed by atoms with van der Waals surface area (Å²) in [4.78, 5) is 17.1. The number of hydrogen-bond acceptors (Lipinski definition) is 4. The molecule has 1 N–H and O–H groups in total. The highest BCUT2D eigenvalue weighted by Crippen LogP contribution is 2.29. The van der Waals surface area contributed by atoms with Crippen molar-refractivity contribution in [1.82, 2.24) is 14.9 Å². The van der Waals surface area contributed by atoms with Crippen LogP contribution in [-0.4, -0.2) is 29.7 Å². The number of nitrogens with zero attached hydrogens (tertiary/aromatic N) is 2. The molecule has 6 nitrogen and oxygen atoms in total. The van der Waals surface area contributed by atoms with E-state index in [0.29, 0.717) is 18.0 Å². The molecule has 1 atom stereocenters. The third-order valence-electron chi connectivity index (χ3n) is 4.73. The van der Waals surface area contributed by atoms with Gasteiger partial charge in [-0.2, -0.15) is 0 Å². The van der Waals surface area contributed by atoms with Gasteiger partial charge in [0.2, 0.25) is 5.91 Å². The SMILES string of the molecule is COc1ccc(CCC(=O)NC(c2ccccc2OC)c2nccn2C)cc1F. The molecule has 3 rings (SSSR count). The van der Waals surface area contributed by atoms with Crippen molar-refractivity contribution >= 4 is 5.91 Å². The normalized spacial score (nSPS) is 11.7. The summed E-state index contributed by atoms with van der Waals surface area (Å²) in [5.74, 6) is 0.936. The Hall–Kier alpha value is -3.35. The van der Waals surface area contributed by atoms with Gasteiger partial charge >= 0.3 is 0 Å². The first-order valence-corrected chi connectivity index (χ1v) is 9.25. The number of rotatable bonds is 8. The van der Waals surface area contributed by atoms with Crippen molar-refractivity contribution in [3.8, 4) is 11.5 Å². The van der Waals surface area contributed by atoms with Crippen LogP contribution in [0.1, 0.15) is 29.4 Å². The number of nitrogens with one attached hydrogen (secondary N) is 1. The van der Waals surface area contributed by atoms with E-state index >= 15 is 0 Å². The van der Waals surface area contributed by atoms with E-state index in [-0.39, 0.29) is 18.1 Å². The second-order valence-electron chi connectivity index (χ2n) is 6.61. The predicted octanol–water partition coefficient (Wildman–Crippen LogP) is 3.41. The van der Waals surface area contributed by atoms with E-state index in [2.05, 4.69) is 10.3 Å². The maximum Gasteiger partial charge on any atom is 0.221 e. The fraction of sp³-hybridized carbons (Fsp3) is 0.273. The Morgan fingerprint density at radius 2 is 1.93 bits per heavy atom. The van der Waals surface area contributed by atoms with Crippen molar-refractivity contribution in [3.63, 3.8) is 0 Å². The monoisotopic (exact) mass is 397 g/mol. The summed E-state index contributed by atoms with van der Waals surface area (Å²) in [5.41, 5.74) is 1.54. The minimum absolute atomic E-state index is 0.167. The number of hydrogen-bond donors (Lipinski definition) is 1. The summed E-state index contributed by atoms with van der Waals surface area (Å²) >= 11 is 0. The van der Waals surface area contributed by atoms with E-state index in [0.717, 1.165) is 11.1 Å². The largest absolute Gasteiger partial charge is 0.496 e. The Morgan fingerprint density at radius 1 is 1.17 bits per heavy atom. The summed E-state index contributed by atoms with van der Waals surface area (Å²) in [6, 6.07) is 11.8. The zero-order valence-electron chi connectivity index (χ0n) is 16.7. The third-order valence-corrected chi connectivity index (χ3v) is 4.73. The number of aryl methyl sites for hydroxylation is 2. The molecule has 0 saturated heterocycles. The van der Waals surface area contributed by atoms with Gasteiger partial charge in [0.1, 0.15) is 17.6 Å². The second-order valence-corrected chi connectivity index (χ2v) is 6.61. The lowest BCUT2D eigenvalue weighted by molar-refractivity contribution is -0.121. The molecule has 0 bridgehead atoms. The van der Waals surface area contributed by atoms with Crippen molar-refractivity contribution in [2.24, 2.45) is 7.05 Å². The van der Waals surface area contributed by atoms with Gasteiger partial charge in [-0.3, -0.25) is 4.79 Å². The fourth-order valence-electron chi connectivity index (χ4n) is 3.20. The number of aromatic nitrogens is 2. The quantitative estimate of drug-likeness (QED) is 0.633. The standard InChI is InChI=1S/C22H24FN3O3/c1-26-13-12-24-22(26)21(16-6-4-5-7-18(16)28-2)25-20(27)11-9-15-8-10-19(29-3)17(23)14-15/h4-8,10,12-14,21H,9,11H2,1-3H3,(H,25,27). The van der Waals surface area contributed by atoms with Crippen molar-refractivity contribution < 1.29 is 18.7 Å². The number of methoxy groups -OCH3 is 2. The van der Waals surface area contributed by atoms with Crippen LogP contribution < -0.4 is 14.8 Å². The second kappa shape index (κ2) is 9.23. The smallest absolute Gasteiger partial charge is 0.221 e. The molecule has 29 heavy (non-hydrogen) atoms. The fourth-order valence-corrected chi connectivity index (χ4v) is 3.20. The number of amides is 1. The van der Waals surface area contributed by atoms with E-state index < -0.39 is 11.9 Å². The molecule has 0 radical (unpaired) electrons. The van der Waals surface area contributed by atoms with E-state index in [9.17, 15) is 9.18 Å². The van der Waals surface area contributed by atoms with Crippen LogP contribution in [0.4, 0.5) is 4.39 Å². The zero-order chi connectivity index (χ0) is 20.8. The number of benzene rings is 2. The lowest BCUT2D eigenvalue weighted by atomic mass is 10.0. The van der Waals surface area contributed by atoms with Gasteiger partial charge in [0.05, 0.1) is 14.2 Å². The summed E-state index contributed by atoms with van der Waals surface area (Å²) in [5, 5.41) is 3.04. The highest BCUT2D eigenvalue weighted by atomic mass is 19.1. The van der Waals surface area contributed by atoms with E-state index in [1.165, 1.54) is 13.2 Å². The molecule has 0 aliphatic rings. The van der Waals surface area contributed by atoms with Crippen molar-refractivity contribution in [3.05, 3.63) is 77.6 Å². The molecule has 1 aromatic heterocycles. The van der Waals surface area contributed by atoms with Gasteiger partial charge < -0.3 is 19.4 Å². The van der Waals surface area contributed by atoms with Gasteiger partial charge in [-0.15, -0.1) is 0 Å². The van der Waals surface area contributed by atoms with Gasteiger partial charge in [-0.25, -0.2) is 9.37 Å². The molecule has 7 heteroatoms. The highest BCUT2D eigenvalue weighted by Gasteiger charge is 2.23. The van der Waals surface area contributed by atoms with Crippen molar-refractivity contribution in [1.29, 1.82) is 0 Å². The first-order valence-electron chi connectivity index (χ1n) is 9.25. The average Bonchev–Trinajstić information content (AvgIpc) is 3.16. The Morgan fingerprint density at radius 3 is 2.59 bits per heavy atom. The third kappa shape index (κ3) is 4.74. The molecule has 2 aromatic carbocycles. The van der Waals surface area contributed by atoms with Crippen LogP contribution in [-0.2, 0) is 18.3 Å². The number of para-hydroxylation sites is 1. The molecule has 0 aliphatic carbocycles. The predicted molar refractivity (Wildman–Crippen MR) is 107 cm³/mol. The molecule has 152 valence electrons. The van der Waals surface area contributed by atoms with Crippen LogP contribution in [0.3, 0.4) is 0 Å². The molecule has 0 saturated carbocycles. The Balaban J connectivity index is 1.77. The lowest BCUT2D eigenvalue weighted by Crippen LogP contribution is -2.31. The van der Waals surface area contributed by atoms with Crippen LogP contribution in [0, 0.1) is 5.82 Å². The molecular formula is C22H24FN3O3. The van der Waals surface area contributed by atoms with Gasteiger partial charge in [0.25, 0.3) is 0 Å². The van der Waals surface area contributed by atoms with Crippen molar-refractivity contribution in [2.75, 3.05) is 14.2 Å². The zero-order valence-corrected chi connectivity index (χ0v) is 16.7. The number of imidazole rings is 1. The van der Waals surface area contributed by atoms with Crippen molar-refractivity contribution in [2.45, 2.75) is 18.9 Å². The van der Waals surface area contributed by atoms with Crippen LogP contribution >= 0.6 is 0 Å².